The molecule has 1 aromatic rings. The lowest BCUT2D eigenvalue weighted by atomic mass is 9.77. The molecule has 1 heterocycles. The molecule has 214 valence electrons. The summed E-state index contributed by atoms with van der Waals surface area (Å²) in [5, 5.41) is 3.01. The Morgan fingerprint density at radius 3 is 2.51 bits per heavy atom. The van der Waals surface area contributed by atoms with E-state index in [-0.39, 0.29) is 23.8 Å². The zero-order chi connectivity index (χ0) is 28.6. The van der Waals surface area contributed by atoms with E-state index in [1.807, 2.05) is 81.2 Å². The van der Waals surface area contributed by atoms with Gasteiger partial charge in [-0.2, -0.15) is 0 Å². The molecule has 0 aromatic heterocycles. The van der Waals surface area contributed by atoms with Crippen LogP contribution < -0.4 is 21.5 Å². The average Bonchev–Trinajstić information content (AvgIpc) is 3.02. The van der Waals surface area contributed by atoms with Crippen LogP contribution in [0.2, 0.25) is 0 Å². The van der Waals surface area contributed by atoms with Crippen LogP contribution in [0.1, 0.15) is 66.2 Å². The van der Waals surface area contributed by atoms with Crippen LogP contribution in [-0.4, -0.2) is 53.4 Å². The number of nitrogens with one attached hydrogen (secondary N) is 1. The van der Waals surface area contributed by atoms with Crippen LogP contribution in [0.15, 0.2) is 54.1 Å². The summed E-state index contributed by atoms with van der Waals surface area (Å²) in [6.45, 7) is 8.79. The Balaban J connectivity index is 1.68. The molecule has 3 amide bonds. The first-order valence-corrected chi connectivity index (χ1v) is 14.2. The van der Waals surface area contributed by atoms with Crippen LogP contribution >= 0.6 is 0 Å². The highest BCUT2D eigenvalue weighted by Crippen LogP contribution is 2.28. The van der Waals surface area contributed by atoms with Crippen molar-refractivity contribution in [2.75, 3.05) is 13.1 Å². The molecule has 0 bridgehead atoms. The zero-order valence-corrected chi connectivity index (χ0v) is 23.9. The van der Waals surface area contributed by atoms with Gasteiger partial charge in [0.2, 0.25) is 17.7 Å². The van der Waals surface area contributed by atoms with Gasteiger partial charge in [0.05, 0.1) is 5.92 Å². The van der Waals surface area contributed by atoms with Crippen molar-refractivity contribution in [3.63, 3.8) is 0 Å². The lowest BCUT2D eigenvalue weighted by Crippen LogP contribution is -2.52. The predicted molar refractivity (Wildman–Crippen MR) is 154 cm³/mol. The molecule has 1 saturated heterocycles. The maximum atomic E-state index is 13.6. The summed E-state index contributed by atoms with van der Waals surface area (Å²) < 4.78 is 6.10. The maximum absolute atomic E-state index is 13.6. The van der Waals surface area contributed by atoms with E-state index in [0.717, 1.165) is 24.2 Å². The normalized spacial score (nSPS) is 21.6. The fourth-order valence-corrected chi connectivity index (χ4v) is 5.47. The number of hydrogen-bond donors (Lipinski definition) is 3. The quantitative estimate of drug-likeness (QED) is 0.374. The third-order valence-electron chi connectivity index (χ3n) is 7.30. The second-order valence-electron chi connectivity index (χ2n) is 12.1. The van der Waals surface area contributed by atoms with Gasteiger partial charge in [0.1, 0.15) is 17.9 Å². The number of primary amides is 1. The number of amides is 3. The summed E-state index contributed by atoms with van der Waals surface area (Å²) in [6, 6.07) is 9.06. The molecule has 8 nitrogen and oxygen atoms in total. The zero-order valence-electron chi connectivity index (χ0n) is 23.9. The summed E-state index contributed by atoms with van der Waals surface area (Å²) in [5.74, 6) is -1.29. The lowest BCUT2D eigenvalue weighted by Gasteiger charge is -2.32. The first-order chi connectivity index (χ1) is 18.4. The van der Waals surface area contributed by atoms with Crippen LogP contribution in [-0.2, 0) is 14.4 Å². The fourth-order valence-electron chi connectivity index (χ4n) is 5.47. The van der Waals surface area contributed by atoms with E-state index in [1.165, 1.54) is 0 Å². The summed E-state index contributed by atoms with van der Waals surface area (Å²) in [5.41, 5.74) is 12.4. The highest BCUT2D eigenvalue weighted by atomic mass is 16.5. The van der Waals surface area contributed by atoms with E-state index in [4.69, 9.17) is 16.2 Å². The molecule has 2 unspecified atom stereocenters. The Morgan fingerprint density at radius 1 is 1.15 bits per heavy atom. The Labute approximate surface area is 233 Å². The van der Waals surface area contributed by atoms with E-state index >= 15 is 0 Å². The second-order valence-corrected chi connectivity index (χ2v) is 12.1. The van der Waals surface area contributed by atoms with E-state index < -0.39 is 29.3 Å². The van der Waals surface area contributed by atoms with Gasteiger partial charge in [0.15, 0.2) is 0 Å². The van der Waals surface area contributed by atoms with Crippen LogP contribution in [0.5, 0.6) is 5.75 Å². The first-order valence-electron chi connectivity index (χ1n) is 14.2. The molecule has 1 aliphatic heterocycles. The third kappa shape index (κ3) is 9.53. The van der Waals surface area contributed by atoms with Crippen molar-refractivity contribution >= 4 is 17.7 Å². The molecular weight excluding hydrogens is 492 g/mol. The van der Waals surface area contributed by atoms with E-state index in [9.17, 15) is 14.4 Å². The SMILES string of the molecule is CC(C)CC(C(=O)N[C@H]1CCCCN(CC2=CC=CC(Oc3ccccc3)C2)C1=O)[C@H](CC(C)(C)N)C(N)=O. The minimum atomic E-state index is -0.704. The van der Waals surface area contributed by atoms with Crippen molar-refractivity contribution in [1.82, 2.24) is 10.2 Å². The number of benzene rings is 1. The number of rotatable bonds is 12. The number of ether oxygens (including phenoxy) is 1. The molecule has 1 fully saturated rings. The van der Waals surface area contributed by atoms with E-state index in [0.29, 0.717) is 38.8 Å². The molecule has 3 rings (SSSR count). The molecule has 0 spiro atoms. The van der Waals surface area contributed by atoms with Crippen molar-refractivity contribution in [1.29, 1.82) is 0 Å². The molecule has 5 N–H and O–H groups in total. The topological polar surface area (TPSA) is 128 Å². The Morgan fingerprint density at radius 2 is 1.87 bits per heavy atom. The summed E-state index contributed by atoms with van der Waals surface area (Å²) in [6.07, 6.45) is 9.69. The van der Waals surface area contributed by atoms with Crippen molar-refractivity contribution < 1.29 is 19.1 Å². The van der Waals surface area contributed by atoms with Crippen molar-refractivity contribution in [2.24, 2.45) is 29.2 Å². The van der Waals surface area contributed by atoms with Gasteiger partial charge in [-0.25, -0.2) is 0 Å². The van der Waals surface area contributed by atoms with Crippen LogP contribution in [0.25, 0.3) is 0 Å². The van der Waals surface area contributed by atoms with Gasteiger partial charge in [0, 0.05) is 31.0 Å². The fraction of sp³-hybridized carbons (Fsp3) is 0.581. The maximum Gasteiger partial charge on any atom is 0.245 e. The van der Waals surface area contributed by atoms with Crippen LogP contribution in [0, 0.1) is 17.8 Å². The average molecular weight is 539 g/mol. The van der Waals surface area contributed by atoms with E-state index in [1.54, 1.807) is 0 Å². The molecule has 4 atom stereocenters. The van der Waals surface area contributed by atoms with Gasteiger partial charge in [-0.15, -0.1) is 0 Å². The summed E-state index contributed by atoms with van der Waals surface area (Å²) in [4.78, 5) is 41.5. The lowest BCUT2D eigenvalue weighted by molar-refractivity contribution is -0.139. The predicted octanol–water partition coefficient (Wildman–Crippen LogP) is 3.71. The number of hydrogen-bond acceptors (Lipinski definition) is 5. The molecular formula is C31H46N4O4. The smallest absolute Gasteiger partial charge is 0.245 e. The second kappa shape index (κ2) is 13.8. The van der Waals surface area contributed by atoms with Crippen molar-refractivity contribution in [2.45, 2.75) is 83.9 Å². The molecule has 0 saturated carbocycles. The summed E-state index contributed by atoms with van der Waals surface area (Å²) in [7, 11) is 0. The molecule has 39 heavy (non-hydrogen) atoms. The van der Waals surface area contributed by atoms with Crippen molar-refractivity contribution in [3.8, 4) is 5.75 Å². The van der Waals surface area contributed by atoms with Crippen molar-refractivity contribution in [3.05, 3.63) is 54.1 Å². The van der Waals surface area contributed by atoms with Gasteiger partial charge in [-0.3, -0.25) is 14.4 Å². The Hall–Kier alpha value is -3.13. The molecule has 1 aromatic carbocycles. The molecule has 1 aliphatic carbocycles. The highest BCUT2D eigenvalue weighted by molar-refractivity contribution is 5.91. The number of nitrogens with zero attached hydrogens (tertiary/aromatic N) is 1. The highest BCUT2D eigenvalue weighted by Gasteiger charge is 2.38. The molecule has 8 heteroatoms. The number of para-hydroxylation sites is 1. The largest absolute Gasteiger partial charge is 0.486 e. The van der Waals surface area contributed by atoms with E-state index in [2.05, 4.69) is 5.32 Å². The standard InChI is InChI=1S/C31H46N4O4/c1-21(2)17-25(26(28(32)36)19-31(3,4)33)29(37)34-27-15-8-9-16-35(30(27)38)20-22-11-10-14-24(18-22)39-23-12-6-5-7-13-23/h5-7,10-14,21,24-27H,8-9,15-20,33H2,1-4H3,(H2,32,36)(H,34,37)/t24?,25?,26-,27-/m0/s1. The Kier molecular flexibility index (Phi) is 10.7. The summed E-state index contributed by atoms with van der Waals surface area (Å²) >= 11 is 0. The first kappa shape index (κ1) is 30.4. The number of likely N-dealkylation sites (tertiary alicyclic amines) is 1. The number of nitrogens with two attached hydrogens (primary N) is 2. The number of carbonyl (C=O) groups excluding carboxylic acids is 3. The van der Waals surface area contributed by atoms with Gasteiger partial charge in [-0.05, 0) is 75.7 Å². The third-order valence-corrected chi connectivity index (χ3v) is 7.30. The van der Waals surface area contributed by atoms with Crippen LogP contribution in [0.3, 0.4) is 0 Å². The Bertz CT molecular complexity index is 1040. The van der Waals surface area contributed by atoms with Gasteiger partial charge in [-0.1, -0.05) is 44.2 Å². The van der Waals surface area contributed by atoms with Crippen LogP contribution in [0.4, 0.5) is 0 Å². The molecule has 2 aliphatic rings. The monoisotopic (exact) mass is 538 g/mol. The minimum absolute atomic E-state index is 0.0880. The van der Waals surface area contributed by atoms with Gasteiger partial charge in [0.25, 0.3) is 0 Å². The van der Waals surface area contributed by atoms with Gasteiger partial charge < -0.3 is 26.4 Å². The van der Waals surface area contributed by atoms with Gasteiger partial charge >= 0.3 is 0 Å². The number of carbonyl (C=O) groups is 3. The minimum Gasteiger partial charge on any atom is -0.486 e. The molecule has 0 radical (unpaired) electrons. The number of allylic oxidation sites excluding steroid dienone is 2.